The second-order valence-corrected chi connectivity index (χ2v) is 2.18. The summed E-state index contributed by atoms with van der Waals surface area (Å²) in [5.74, 6) is 0. The van der Waals surface area contributed by atoms with Crippen LogP contribution in [0.2, 0.25) is 0 Å². The van der Waals surface area contributed by atoms with E-state index in [1.165, 1.54) is 7.11 Å². The van der Waals surface area contributed by atoms with Crippen LogP contribution in [0.4, 0.5) is 4.79 Å². The van der Waals surface area contributed by atoms with Gasteiger partial charge in [-0.1, -0.05) is 0 Å². The molecule has 0 fully saturated rings. The van der Waals surface area contributed by atoms with Gasteiger partial charge in [0.2, 0.25) is 0 Å². The highest BCUT2D eigenvalue weighted by atomic mass is 16.5. The predicted octanol–water partition coefficient (Wildman–Crippen LogP) is -0.639. The van der Waals surface area contributed by atoms with Gasteiger partial charge in [-0.2, -0.15) is 0 Å². The largest absolute Gasteiger partial charge is 0.464 e. The predicted molar refractivity (Wildman–Crippen MR) is 40.6 cm³/mol. The van der Waals surface area contributed by atoms with Crippen LogP contribution in [-0.2, 0) is 9.53 Å². The first-order valence-corrected chi connectivity index (χ1v) is 3.34. The molecule has 0 rings (SSSR count). The highest BCUT2D eigenvalue weighted by Crippen LogP contribution is 1.92. The molecule has 0 radical (unpaired) electrons. The Morgan fingerprint density at radius 2 is 2.25 bits per heavy atom. The van der Waals surface area contributed by atoms with E-state index in [1.54, 1.807) is 6.92 Å². The molecule has 0 aliphatic rings. The first-order valence-electron chi connectivity index (χ1n) is 3.34. The topological polar surface area (TPSA) is 87.7 Å². The molecule has 12 heavy (non-hydrogen) atoms. The van der Waals surface area contributed by atoms with Crippen LogP contribution >= 0.6 is 0 Å². The Morgan fingerprint density at radius 1 is 1.67 bits per heavy atom. The van der Waals surface area contributed by atoms with Crippen molar-refractivity contribution in [2.24, 2.45) is 0 Å². The van der Waals surface area contributed by atoms with Gasteiger partial charge in [0.1, 0.15) is 12.3 Å². The molecule has 2 atom stereocenters. The number of hydrogen-bond acceptors (Lipinski definition) is 4. The van der Waals surface area contributed by atoms with E-state index in [0.29, 0.717) is 6.29 Å². The van der Waals surface area contributed by atoms with Crippen molar-refractivity contribution >= 4 is 12.4 Å². The number of aldehydes is 1. The van der Waals surface area contributed by atoms with Gasteiger partial charge < -0.3 is 14.6 Å². The number of nitrogens with one attached hydrogen (secondary N) is 2. The minimum absolute atomic E-state index is 0.380. The zero-order valence-corrected chi connectivity index (χ0v) is 6.90. The Labute approximate surface area is 69.9 Å². The Morgan fingerprint density at radius 3 is 2.58 bits per heavy atom. The number of carboxylic acid groups (broad SMARTS) is 1. The van der Waals surface area contributed by atoms with E-state index >= 15 is 0 Å². The number of methoxy groups -OCH3 is 1. The zero-order chi connectivity index (χ0) is 9.56. The van der Waals surface area contributed by atoms with Crippen LogP contribution in [-0.4, -0.2) is 36.7 Å². The van der Waals surface area contributed by atoms with Gasteiger partial charge in [0.25, 0.3) is 0 Å². The third-order valence-corrected chi connectivity index (χ3v) is 1.37. The standard InChI is InChI=1S/C6H12N2O4/c1-4(12-2)5(3-9)7-8-6(10)11/h3-5,7-8H,1-2H3,(H,10,11). The first kappa shape index (κ1) is 10.9. The number of hydrogen-bond donors (Lipinski definition) is 3. The van der Waals surface area contributed by atoms with Crippen molar-refractivity contribution in [2.75, 3.05) is 7.11 Å². The fraction of sp³-hybridized carbons (Fsp3) is 0.667. The fourth-order valence-corrected chi connectivity index (χ4v) is 0.554. The Hall–Kier alpha value is -1.14. The van der Waals surface area contributed by atoms with Gasteiger partial charge in [-0.05, 0) is 6.92 Å². The van der Waals surface area contributed by atoms with Crippen molar-refractivity contribution in [1.29, 1.82) is 0 Å². The zero-order valence-electron chi connectivity index (χ0n) is 6.90. The first-order chi connectivity index (χ1) is 5.61. The summed E-state index contributed by atoms with van der Waals surface area (Å²) in [6, 6.07) is -0.675. The average molecular weight is 176 g/mol. The van der Waals surface area contributed by atoms with Crippen LogP contribution in [0.3, 0.4) is 0 Å². The van der Waals surface area contributed by atoms with E-state index in [9.17, 15) is 9.59 Å². The molecule has 0 aromatic carbocycles. The number of amides is 1. The lowest BCUT2D eigenvalue weighted by atomic mass is 10.2. The van der Waals surface area contributed by atoms with Gasteiger partial charge >= 0.3 is 6.09 Å². The second-order valence-electron chi connectivity index (χ2n) is 2.18. The van der Waals surface area contributed by atoms with Gasteiger partial charge in [-0.15, -0.1) is 0 Å². The van der Waals surface area contributed by atoms with Crippen molar-refractivity contribution in [2.45, 2.75) is 19.1 Å². The molecule has 6 heteroatoms. The summed E-state index contributed by atoms with van der Waals surface area (Å²) in [4.78, 5) is 20.3. The molecule has 6 nitrogen and oxygen atoms in total. The average Bonchev–Trinajstić information content (AvgIpc) is 2.04. The van der Waals surface area contributed by atoms with E-state index in [2.05, 4.69) is 5.43 Å². The van der Waals surface area contributed by atoms with Crippen molar-refractivity contribution in [1.82, 2.24) is 10.9 Å². The summed E-state index contributed by atoms with van der Waals surface area (Å²) < 4.78 is 4.81. The van der Waals surface area contributed by atoms with E-state index in [-0.39, 0.29) is 6.10 Å². The Bertz CT molecular complexity index is 162. The van der Waals surface area contributed by atoms with Crippen LogP contribution < -0.4 is 10.9 Å². The number of carbonyl (C=O) groups is 2. The van der Waals surface area contributed by atoms with Crippen LogP contribution in [0.15, 0.2) is 0 Å². The number of carbonyl (C=O) groups excluding carboxylic acids is 1. The molecule has 0 aromatic heterocycles. The van der Waals surface area contributed by atoms with E-state index in [1.807, 2.05) is 5.43 Å². The third kappa shape index (κ3) is 3.89. The van der Waals surface area contributed by atoms with Gasteiger partial charge in [0.05, 0.1) is 6.10 Å². The second kappa shape index (κ2) is 5.50. The molecule has 3 N–H and O–H groups in total. The summed E-state index contributed by atoms with van der Waals surface area (Å²) >= 11 is 0. The van der Waals surface area contributed by atoms with Crippen molar-refractivity contribution in [3.8, 4) is 0 Å². The van der Waals surface area contributed by atoms with E-state index in [4.69, 9.17) is 9.84 Å². The number of ether oxygens (including phenoxy) is 1. The SMILES string of the molecule is COC(C)C(C=O)NNC(=O)O. The van der Waals surface area contributed by atoms with Gasteiger partial charge in [-0.25, -0.2) is 10.2 Å². The summed E-state index contributed by atoms with van der Waals surface area (Å²) in [6.07, 6.45) is -1.05. The number of hydrazine groups is 1. The quantitative estimate of drug-likeness (QED) is 0.383. The van der Waals surface area contributed by atoms with E-state index < -0.39 is 12.1 Å². The summed E-state index contributed by atoms with van der Waals surface area (Å²) in [5, 5.41) is 8.18. The molecule has 0 aliphatic heterocycles. The normalized spacial score (nSPS) is 14.8. The minimum Gasteiger partial charge on any atom is -0.464 e. The van der Waals surface area contributed by atoms with Gasteiger partial charge in [0, 0.05) is 7.11 Å². The van der Waals surface area contributed by atoms with Crippen molar-refractivity contribution in [3.05, 3.63) is 0 Å². The van der Waals surface area contributed by atoms with Crippen LogP contribution in [0, 0.1) is 0 Å². The lowest BCUT2D eigenvalue weighted by Gasteiger charge is -2.17. The number of rotatable bonds is 5. The Balaban J connectivity index is 3.82. The maximum atomic E-state index is 10.3. The summed E-state index contributed by atoms with van der Waals surface area (Å²) in [6.45, 7) is 1.65. The molecule has 0 spiro atoms. The molecule has 0 bridgehead atoms. The minimum atomic E-state index is -1.25. The smallest absolute Gasteiger partial charge is 0.419 e. The highest BCUT2D eigenvalue weighted by molar-refractivity contribution is 5.65. The lowest BCUT2D eigenvalue weighted by molar-refractivity contribution is -0.112. The van der Waals surface area contributed by atoms with Crippen LogP contribution in [0.1, 0.15) is 6.92 Å². The molecule has 0 aromatic rings. The fourth-order valence-electron chi connectivity index (χ4n) is 0.554. The van der Waals surface area contributed by atoms with Gasteiger partial charge in [-0.3, -0.25) is 5.43 Å². The van der Waals surface area contributed by atoms with Gasteiger partial charge in [0.15, 0.2) is 0 Å². The monoisotopic (exact) mass is 176 g/mol. The molecule has 2 unspecified atom stereocenters. The summed E-state index contributed by atoms with van der Waals surface area (Å²) in [5.41, 5.74) is 4.14. The third-order valence-electron chi connectivity index (χ3n) is 1.37. The Kier molecular flexibility index (Phi) is 4.98. The molecule has 0 heterocycles. The molecular weight excluding hydrogens is 164 g/mol. The molecule has 0 aliphatic carbocycles. The highest BCUT2D eigenvalue weighted by Gasteiger charge is 2.15. The van der Waals surface area contributed by atoms with E-state index in [0.717, 1.165) is 0 Å². The van der Waals surface area contributed by atoms with Crippen LogP contribution in [0.25, 0.3) is 0 Å². The lowest BCUT2D eigenvalue weighted by Crippen LogP contribution is -2.49. The van der Waals surface area contributed by atoms with Crippen LogP contribution in [0.5, 0.6) is 0 Å². The van der Waals surface area contributed by atoms with Crippen molar-refractivity contribution in [3.63, 3.8) is 0 Å². The van der Waals surface area contributed by atoms with Crippen molar-refractivity contribution < 1.29 is 19.4 Å². The molecule has 70 valence electrons. The molecule has 0 saturated heterocycles. The maximum absolute atomic E-state index is 10.3. The maximum Gasteiger partial charge on any atom is 0.419 e. The summed E-state index contributed by atoms with van der Waals surface area (Å²) in [7, 11) is 1.43. The molecule has 1 amide bonds. The molecule has 0 saturated carbocycles. The molecular formula is C6H12N2O4.